The molecule has 1 rings (SSSR count). The highest BCUT2D eigenvalue weighted by atomic mass is 16.5. The van der Waals surface area contributed by atoms with Crippen LogP contribution in [-0.2, 0) is 4.79 Å². The van der Waals surface area contributed by atoms with Gasteiger partial charge in [0.05, 0.1) is 0 Å². The van der Waals surface area contributed by atoms with Crippen LogP contribution in [0.2, 0.25) is 0 Å². The SMILES string of the molecule is CCCCCCCCC=CC=CCCCCCC(=O)Oc1ccccc1. The quantitative estimate of drug-likeness (QED) is 0.142. The van der Waals surface area contributed by atoms with Crippen LogP contribution in [0.15, 0.2) is 54.6 Å². The van der Waals surface area contributed by atoms with E-state index in [0.717, 1.165) is 25.7 Å². The Bertz CT molecular complexity index is 502. The third-order valence-corrected chi connectivity index (χ3v) is 4.33. The molecule has 26 heavy (non-hydrogen) atoms. The van der Waals surface area contributed by atoms with Crippen molar-refractivity contribution in [2.24, 2.45) is 0 Å². The molecule has 0 aliphatic rings. The van der Waals surface area contributed by atoms with E-state index in [-0.39, 0.29) is 5.97 Å². The van der Waals surface area contributed by atoms with Gasteiger partial charge < -0.3 is 4.74 Å². The number of esters is 1. The highest BCUT2D eigenvalue weighted by molar-refractivity contribution is 5.72. The predicted octanol–water partition coefficient (Wildman–Crippen LogP) is 7.41. The lowest BCUT2D eigenvalue weighted by molar-refractivity contribution is -0.134. The van der Waals surface area contributed by atoms with Gasteiger partial charge in [0.1, 0.15) is 5.75 Å². The fourth-order valence-electron chi connectivity index (χ4n) is 2.77. The molecule has 1 aromatic rings. The summed E-state index contributed by atoms with van der Waals surface area (Å²) in [4.78, 5) is 11.7. The van der Waals surface area contributed by atoms with E-state index in [0.29, 0.717) is 12.2 Å². The van der Waals surface area contributed by atoms with Crippen LogP contribution >= 0.6 is 0 Å². The number of carbonyl (C=O) groups is 1. The molecule has 0 aliphatic carbocycles. The first-order valence-corrected chi connectivity index (χ1v) is 10.4. The smallest absolute Gasteiger partial charge is 0.311 e. The van der Waals surface area contributed by atoms with E-state index in [1.54, 1.807) is 0 Å². The Morgan fingerprint density at radius 3 is 2.04 bits per heavy atom. The van der Waals surface area contributed by atoms with E-state index in [4.69, 9.17) is 4.74 Å². The summed E-state index contributed by atoms with van der Waals surface area (Å²) in [7, 11) is 0. The van der Waals surface area contributed by atoms with Gasteiger partial charge >= 0.3 is 5.97 Å². The van der Waals surface area contributed by atoms with Crippen molar-refractivity contribution in [1.29, 1.82) is 0 Å². The summed E-state index contributed by atoms with van der Waals surface area (Å²) in [5.41, 5.74) is 0. The molecule has 0 spiro atoms. The lowest BCUT2D eigenvalue weighted by Crippen LogP contribution is -2.07. The molecular weight excluding hydrogens is 320 g/mol. The second-order valence-electron chi connectivity index (χ2n) is 6.80. The van der Waals surface area contributed by atoms with E-state index < -0.39 is 0 Å². The van der Waals surface area contributed by atoms with Crippen molar-refractivity contribution >= 4 is 5.97 Å². The molecule has 0 fully saturated rings. The van der Waals surface area contributed by atoms with Gasteiger partial charge in [0.25, 0.3) is 0 Å². The van der Waals surface area contributed by atoms with Crippen molar-refractivity contribution < 1.29 is 9.53 Å². The molecule has 0 heterocycles. The zero-order valence-corrected chi connectivity index (χ0v) is 16.5. The number of hydrogen-bond acceptors (Lipinski definition) is 2. The second-order valence-corrected chi connectivity index (χ2v) is 6.80. The Hall–Kier alpha value is -1.83. The minimum absolute atomic E-state index is 0.135. The maximum Gasteiger partial charge on any atom is 0.311 e. The number of hydrogen-bond donors (Lipinski definition) is 0. The highest BCUT2D eigenvalue weighted by Crippen LogP contribution is 2.11. The summed E-state index contributed by atoms with van der Waals surface area (Å²) >= 11 is 0. The maximum absolute atomic E-state index is 11.7. The molecule has 0 amide bonds. The Kier molecular flexibility index (Phi) is 14.2. The van der Waals surface area contributed by atoms with Crippen LogP contribution in [0.4, 0.5) is 0 Å². The van der Waals surface area contributed by atoms with Crippen molar-refractivity contribution in [3.8, 4) is 5.75 Å². The van der Waals surface area contributed by atoms with Crippen LogP contribution in [-0.4, -0.2) is 5.97 Å². The van der Waals surface area contributed by atoms with E-state index in [2.05, 4.69) is 31.2 Å². The summed E-state index contributed by atoms with van der Waals surface area (Å²) in [5, 5.41) is 0. The van der Waals surface area contributed by atoms with Crippen LogP contribution in [0.3, 0.4) is 0 Å². The number of allylic oxidation sites excluding steroid dienone is 4. The average Bonchev–Trinajstić information content (AvgIpc) is 2.65. The molecule has 0 bridgehead atoms. The molecule has 0 aromatic heterocycles. The van der Waals surface area contributed by atoms with Crippen molar-refractivity contribution in [1.82, 2.24) is 0 Å². The molecule has 2 heteroatoms. The normalized spacial score (nSPS) is 11.4. The van der Waals surface area contributed by atoms with Gasteiger partial charge in [-0.05, 0) is 44.2 Å². The minimum Gasteiger partial charge on any atom is -0.427 e. The molecule has 0 aliphatic heterocycles. The first-order valence-electron chi connectivity index (χ1n) is 10.4. The summed E-state index contributed by atoms with van der Waals surface area (Å²) in [6, 6.07) is 9.27. The monoisotopic (exact) mass is 356 g/mol. The first-order chi connectivity index (χ1) is 12.8. The average molecular weight is 357 g/mol. The standard InChI is InChI=1S/C24H36O2/c1-2-3-4-5-6-7-8-9-10-11-12-13-14-15-19-22-24(25)26-23-20-17-16-18-21-23/h9-12,16-18,20-21H,2-8,13-15,19,22H2,1H3. The summed E-state index contributed by atoms with van der Waals surface area (Å²) in [5.74, 6) is 0.498. The fourth-order valence-corrected chi connectivity index (χ4v) is 2.77. The molecule has 0 atom stereocenters. The van der Waals surface area contributed by atoms with Gasteiger partial charge in [-0.15, -0.1) is 0 Å². The Balaban J connectivity index is 1.89. The molecule has 0 saturated heterocycles. The largest absolute Gasteiger partial charge is 0.427 e. The molecule has 2 nitrogen and oxygen atoms in total. The van der Waals surface area contributed by atoms with Crippen LogP contribution in [0.25, 0.3) is 0 Å². The Morgan fingerprint density at radius 1 is 0.808 bits per heavy atom. The number of rotatable bonds is 15. The molecular formula is C24H36O2. The van der Waals surface area contributed by atoms with Crippen LogP contribution in [0.1, 0.15) is 84.0 Å². The van der Waals surface area contributed by atoms with Crippen LogP contribution in [0.5, 0.6) is 5.75 Å². The topological polar surface area (TPSA) is 26.3 Å². The summed E-state index contributed by atoms with van der Waals surface area (Å²) in [6.07, 6.45) is 22.8. The van der Waals surface area contributed by atoms with Gasteiger partial charge in [-0.2, -0.15) is 0 Å². The molecule has 0 radical (unpaired) electrons. The van der Waals surface area contributed by atoms with E-state index in [9.17, 15) is 4.79 Å². The van der Waals surface area contributed by atoms with Crippen LogP contribution < -0.4 is 4.74 Å². The van der Waals surface area contributed by atoms with E-state index >= 15 is 0 Å². The Morgan fingerprint density at radius 2 is 1.38 bits per heavy atom. The van der Waals surface area contributed by atoms with Gasteiger partial charge in [0.2, 0.25) is 0 Å². The summed E-state index contributed by atoms with van der Waals surface area (Å²) in [6.45, 7) is 2.26. The lowest BCUT2D eigenvalue weighted by atomic mass is 10.1. The number of ether oxygens (including phenoxy) is 1. The van der Waals surface area contributed by atoms with E-state index in [1.165, 1.54) is 44.9 Å². The minimum atomic E-state index is -0.135. The lowest BCUT2D eigenvalue weighted by Gasteiger charge is -2.03. The highest BCUT2D eigenvalue weighted by Gasteiger charge is 2.03. The molecule has 144 valence electrons. The second kappa shape index (κ2) is 16.6. The van der Waals surface area contributed by atoms with Crippen molar-refractivity contribution in [2.45, 2.75) is 84.0 Å². The third-order valence-electron chi connectivity index (χ3n) is 4.33. The van der Waals surface area contributed by atoms with Gasteiger partial charge in [-0.25, -0.2) is 0 Å². The fraction of sp³-hybridized carbons (Fsp3) is 0.542. The third kappa shape index (κ3) is 13.5. The molecule has 0 unspecified atom stereocenters. The zero-order chi connectivity index (χ0) is 18.7. The van der Waals surface area contributed by atoms with Crippen molar-refractivity contribution in [3.05, 3.63) is 54.6 Å². The molecule has 0 saturated carbocycles. The van der Waals surface area contributed by atoms with Crippen LogP contribution in [0, 0.1) is 0 Å². The van der Waals surface area contributed by atoms with Crippen molar-refractivity contribution in [2.75, 3.05) is 0 Å². The molecule has 1 aromatic carbocycles. The number of unbranched alkanes of at least 4 members (excludes halogenated alkanes) is 9. The molecule has 0 N–H and O–H groups in total. The predicted molar refractivity (Wildman–Crippen MR) is 111 cm³/mol. The van der Waals surface area contributed by atoms with Gasteiger partial charge in [-0.1, -0.05) is 88.0 Å². The van der Waals surface area contributed by atoms with Gasteiger partial charge in [0, 0.05) is 6.42 Å². The maximum atomic E-state index is 11.7. The summed E-state index contributed by atoms with van der Waals surface area (Å²) < 4.78 is 5.27. The number of benzene rings is 1. The number of carbonyl (C=O) groups excluding carboxylic acids is 1. The number of para-hydroxylation sites is 1. The van der Waals surface area contributed by atoms with Crippen molar-refractivity contribution in [3.63, 3.8) is 0 Å². The van der Waals surface area contributed by atoms with Gasteiger partial charge in [-0.3, -0.25) is 4.79 Å². The van der Waals surface area contributed by atoms with Gasteiger partial charge in [0.15, 0.2) is 0 Å². The zero-order valence-electron chi connectivity index (χ0n) is 16.5. The Labute approximate surface area is 160 Å². The first kappa shape index (κ1) is 22.2. The van der Waals surface area contributed by atoms with E-state index in [1.807, 2.05) is 30.3 Å².